The Bertz CT molecular complexity index is 622. The van der Waals surface area contributed by atoms with E-state index in [1.807, 2.05) is 0 Å². The van der Waals surface area contributed by atoms with Gasteiger partial charge in [0.15, 0.2) is 0 Å². The van der Waals surface area contributed by atoms with Gasteiger partial charge in [-0.1, -0.05) is 37.3 Å². The Balaban J connectivity index is 1.33. The fraction of sp³-hybridized carbons (Fsp3) is 0.682. The van der Waals surface area contributed by atoms with Gasteiger partial charge in [0.1, 0.15) is 0 Å². The van der Waals surface area contributed by atoms with Crippen LogP contribution in [0.15, 0.2) is 30.3 Å². The van der Waals surface area contributed by atoms with E-state index in [2.05, 4.69) is 59.0 Å². The van der Waals surface area contributed by atoms with E-state index in [0.29, 0.717) is 11.3 Å². The van der Waals surface area contributed by atoms with Crippen LogP contribution in [0.4, 0.5) is 0 Å². The first-order valence-electron chi connectivity index (χ1n) is 10.3. The van der Waals surface area contributed by atoms with Crippen LogP contribution in [-0.4, -0.2) is 66.4 Å². The zero-order valence-corrected chi connectivity index (χ0v) is 16.4. The third kappa shape index (κ3) is 3.81. The lowest BCUT2D eigenvalue weighted by Crippen LogP contribution is -2.56. The molecule has 1 saturated carbocycles. The van der Waals surface area contributed by atoms with Gasteiger partial charge in [-0.05, 0) is 44.2 Å². The summed E-state index contributed by atoms with van der Waals surface area (Å²) in [5, 5.41) is 0. The summed E-state index contributed by atoms with van der Waals surface area (Å²) >= 11 is 0. The summed E-state index contributed by atoms with van der Waals surface area (Å²) in [5.41, 5.74) is 1.72. The number of nitrogens with zero attached hydrogens (tertiary/aromatic N) is 3. The minimum Gasteiger partial charge on any atom is -0.341 e. The van der Waals surface area contributed by atoms with Crippen LogP contribution >= 0.6 is 0 Å². The number of likely N-dealkylation sites (N-methyl/N-ethyl adjacent to an activating group) is 1. The molecule has 1 atom stereocenters. The van der Waals surface area contributed by atoms with E-state index in [9.17, 15) is 4.79 Å². The summed E-state index contributed by atoms with van der Waals surface area (Å²) < 4.78 is 0. The third-order valence-electron chi connectivity index (χ3n) is 6.38. The summed E-state index contributed by atoms with van der Waals surface area (Å²) in [4.78, 5) is 20.2. The van der Waals surface area contributed by atoms with Crippen molar-refractivity contribution in [1.29, 1.82) is 0 Å². The maximum atomic E-state index is 13.2. The van der Waals surface area contributed by atoms with E-state index in [0.717, 1.165) is 58.0 Å². The summed E-state index contributed by atoms with van der Waals surface area (Å²) in [5.74, 6) is 1.16. The number of amides is 1. The normalized spacial score (nSPS) is 25.4. The van der Waals surface area contributed by atoms with Gasteiger partial charge in [-0.15, -0.1) is 0 Å². The lowest BCUT2D eigenvalue weighted by Gasteiger charge is -2.48. The Hall–Kier alpha value is -1.39. The lowest BCUT2D eigenvalue weighted by molar-refractivity contribution is -0.136. The van der Waals surface area contributed by atoms with Gasteiger partial charge in [0, 0.05) is 44.7 Å². The maximum absolute atomic E-state index is 13.2. The molecule has 0 N–H and O–H groups in total. The van der Waals surface area contributed by atoms with Gasteiger partial charge in [0.2, 0.25) is 5.91 Å². The van der Waals surface area contributed by atoms with Gasteiger partial charge in [-0.2, -0.15) is 0 Å². The molecule has 4 rings (SSSR count). The van der Waals surface area contributed by atoms with Crippen LogP contribution in [0.5, 0.6) is 0 Å². The monoisotopic (exact) mass is 355 g/mol. The topological polar surface area (TPSA) is 26.8 Å². The van der Waals surface area contributed by atoms with Crippen molar-refractivity contribution in [2.24, 2.45) is 11.3 Å². The maximum Gasteiger partial charge on any atom is 0.239 e. The van der Waals surface area contributed by atoms with Crippen LogP contribution in [0.3, 0.4) is 0 Å². The first-order valence-corrected chi connectivity index (χ1v) is 10.3. The van der Waals surface area contributed by atoms with Crippen molar-refractivity contribution in [3.63, 3.8) is 0 Å². The van der Waals surface area contributed by atoms with Crippen LogP contribution in [0.1, 0.15) is 38.2 Å². The number of hydrogen-bond acceptors (Lipinski definition) is 3. The highest BCUT2D eigenvalue weighted by Gasteiger charge is 2.52. The molecule has 2 saturated heterocycles. The van der Waals surface area contributed by atoms with Crippen LogP contribution in [0.2, 0.25) is 0 Å². The average Bonchev–Trinajstić information content (AvgIpc) is 3.35. The average molecular weight is 356 g/mol. The molecule has 0 bridgehead atoms. The van der Waals surface area contributed by atoms with E-state index in [1.54, 1.807) is 0 Å². The fourth-order valence-corrected chi connectivity index (χ4v) is 5.01. The van der Waals surface area contributed by atoms with E-state index in [4.69, 9.17) is 0 Å². The molecule has 4 nitrogen and oxygen atoms in total. The highest BCUT2D eigenvalue weighted by molar-refractivity contribution is 5.82. The molecule has 3 aliphatic rings. The van der Waals surface area contributed by atoms with E-state index in [1.165, 1.54) is 18.4 Å². The molecule has 2 heterocycles. The zero-order valence-electron chi connectivity index (χ0n) is 16.4. The van der Waals surface area contributed by atoms with E-state index in [-0.39, 0.29) is 6.04 Å². The molecule has 0 radical (unpaired) electrons. The van der Waals surface area contributed by atoms with Crippen molar-refractivity contribution >= 4 is 5.91 Å². The summed E-state index contributed by atoms with van der Waals surface area (Å²) in [6, 6.07) is 10.8. The van der Waals surface area contributed by atoms with Gasteiger partial charge in [-0.25, -0.2) is 0 Å². The van der Waals surface area contributed by atoms with Crippen molar-refractivity contribution in [3.05, 3.63) is 35.9 Å². The second kappa shape index (κ2) is 7.32. The number of carbonyl (C=O) groups is 1. The predicted molar refractivity (Wildman–Crippen MR) is 105 cm³/mol. The third-order valence-corrected chi connectivity index (χ3v) is 6.38. The van der Waals surface area contributed by atoms with E-state index >= 15 is 0 Å². The largest absolute Gasteiger partial charge is 0.341 e. The van der Waals surface area contributed by atoms with Gasteiger partial charge in [0.25, 0.3) is 0 Å². The molecule has 1 unspecified atom stereocenters. The molecule has 2 aliphatic heterocycles. The molecule has 1 aromatic carbocycles. The molecule has 26 heavy (non-hydrogen) atoms. The lowest BCUT2D eigenvalue weighted by atomic mass is 9.77. The SMILES string of the molecule is CCCN(CC1CC1)C(=O)C1CC2(CN(Cc3ccccc3)C2)CN1C. The van der Waals surface area contributed by atoms with E-state index < -0.39 is 0 Å². The predicted octanol–water partition coefficient (Wildman–Crippen LogP) is 2.84. The van der Waals surface area contributed by atoms with Crippen LogP contribution in [0.25, 0.3) is 0 Å². The first kappa shape index (κ1) is 18.0. The molecular formula is C22H33N3O. The van der Waals surface area contributed by atoms with Gasteiger partial charge in [-0.3, -0.25) is 14.6 Å². The standard InChI is InChI=1S/C22H33N3O/c1-3-11-25(14-19-9-10-19)21(26)20-12-22(15-23(20)2)16-24(17-22)13-18-7-5-4-6-8-18/h4-8,19-20H,3,9-17H2,1-2H3. The fourth-order valence-electron chi connectivity index (χ4n) is 5.01. The van der Waals surface area contributed by atoms with Gasteiger partial charge >= 0.3 is 0 Å². The Morgan fingerprint density at radius 2 is 1.92 bits per heavy atom. The molecule has 3 fully saturated rings. The van der Waals surface area contributed by atoms with Crippen molar-refractivity contribution in [3.8, 4) is 0 Å². The summed E-state index contributed by atoms with van der Waals surface area (Å²) in [7, 11) is 2.15. The Labute approximate surface area is 158 Å². The summed E-state index contributed by atoms with van der Waals surface area (Å²) in [6.45, 7) is 8.46. The molecular weight excluding hydrogens is 322 g/mol. The van der Waals surface area contributed by atoms with Crippen molar-refractivity contribution in [1.82, 2.24) is 14.7 Å². The minimum absolute atomic E-state index is 0.0965. The minimum atomic E-state index is 0.0965. The van der Waals surface area contributed by atoms with Crippen LogP contribution < -0.4 is 0 Å². The molecule has 0 aromatic heterocycles. The molecule has 142 valence electrons. The van der Waals surface area contributed by atoms with Crippen molar-refractivity contribution in [2.75, 3.05) is 39.8 Å². The zero-order chi connectivity index (χ0) is 18.1. The first-order chi connectivity index (χ1) is 12.6. The van der Waals surface area contributed by atoms with Gasteiger partial charge < -0.3 is 4.90 Å². The van der Waals surface area contributed by atoms with Crippen molar-refractivity contribution < 1.29 is 4.79 Å². The van der Waals surface area contributed by atoms with Crippen molar-refractivity contribution in [2.45, 2.75) is 45.2 Å². The molecule has 4 heteroatoms. The molecule has 1 aromatic rings. The number of hydrogen-bond donors (Lipinski definition) is 0. The quantitative estimate of drug-likeness (QED) is 0.752. The number of carbonyl (C=O) groups excluding carboxylic acids is 1. The molecule has 1 spiro atoms. The number of rotatable bonds is 7. The van der Waals surface area contributed by atoms with Gasteiger partial charge in [0.05, 0.1) is 6.04 Å². The smallest absolute Gasteiger partial charge is 0.239 e. The van der Waals surface area contributed by atoms with Crippen LogP contribution in [-0.2, 0) is 11.3 Å². The Kier molecular flexibility index (Phi) is 5.07. The second-order valence-corrected chi connectivity index (χ2v) is 8.99. The Morgan fingerprint density at radius 1 is 1.19 bits per heavy atom. The highest BCUT2D eigenvalue weighted by atomic mass is 16.2. The highest BCUT2D eigenvalue weighted by Crippen LogP contribution is 2.43. The van der Waals surface area contributed by atoms with Crippen LogP contribution in [0, 0.1) is 11.3 Å². The molecule has 1 aliphatic carbocycles. The summed E-state index contributed by atoms with van der Waals surface area (Å²) in [6.07, 6.45) is 4.72. The second-order valence-electron chi connectivity index (χ2n) is 8.99. The number of benzene rings is 1. The number of likely N-dealkylation sites (tertiary alicyclic amines) is 2. The Morgan fingerprint density at radius 3 is 2.58 bits per heavy atom. The molecule has 1 amide bonds.